The summed E-state index contributed by atoms with van der Waals surface area (Å²) in [6, 6.07) is 26.0. The fourth-order valence-electron chi connectivity index (χ4n) is 6.55. The predicted octanol–water partition coefficient (Wildman–Crippen LogP) is 7.86. The first kappa shape index (κ1) is 39.2. The van der Waals surface area contributed by atoms with Crippen LogP contribution in [0.5, 0.6) is 0 Å². The van der Waals surface area contributed by atoms with Crippen molar-refractivity contribution in [2.24, 2.45) is 5.92 Å². The van der Waals surface area contributed by atoms with E-state index in [-0.39, 0.29) is 41.9 Å². The van der Waals surface area contributed by atoms with Crippen LogP contribution in [0, 0.1) is 5.92 Å². The van der Waals surface area contributed by atoms with Crippen molar-refractivity contribution in [1.29, 1.82) is 0 Å². The maximum atomic E-state index is 13.4. The van der Waals surface area contributed by atoms with Gasteiger partial charge in [-0.2, -0.15) is 0 Å². The molecule has 3 atom stereocenters. The quantitative estimate of drug-likeness (QED) is 0.0825. The summed E-state index contributed by atoms with van der Waals surface area (Å²) in [6.45, 7) is 2.64. The summed E-state index contributed by atoms with van der Waals surface area (Å²) in [5.41, 5.74) is 2.98. The van der Waals surface area contributed by atoms with E-state index in [9.17, 15) is 24.0 Å². The normalized spacial score (nSPS) is 15.4. The first-order chi connectivity index (χ1) is 24.8. The predicted molar refractivity (Wildman–Crippen MR) is 201 cm³/mol. The highest BCUT2D eigenvalue weighted by molar-refractivity contribution is 6.01. The average Bonchev–Trinajstić information content (AvgIpc) is 3.93. The van der Waals surface area contributed by atoms with Crippen LogP contribution in [0.2, 0.25) is 0 Å². The molecule has 8 heteroatoms. The number of rotatable bonds is 24. The number of hydrogen-bond donors (Lipinski definition) is 3. The molecule has 0 heterocycles. The maximum absolute atomic E-state index is 13.4. The van der Waals surface area contributed by atoms with E-state index in [4.69, 9.17) is 0 Å². The van der Waals surface area contributed by atoms with Crippen LogP contribution in [0.1, 0.15) is 135 Å². The molecule has 3 amide bonds. The summed E-state index contributed by atoms with van der Waals surface area (Å²) < 4.78 is 0. The van der Waals surface area contributed by atoms with Crippen molar-refractivity contribution in [1.82, 2.24) is 16.0 Å². The molecule has 3 aromatic rings. The van der Waals surface area contributed by atoms with Crippen LogP contribution in [-0.4, -0.2) is 41.9 Å². The van der Waals surface area contributed by atoms with E-state index in [0.29, 0.717) is 50.1 Å². The molecule has 0 radical (unpaired) electrons. The minimum atomic E-state index is -0.714. The molecular weight excluding hydrogens is 638 g/mol. The highest BCUT2D eigenvalue weighted by Crippen LogP contribution is 2.50. The van der Waals surface area contributed by atoms with E-state index in [1.54, 1.807) is 18.2 Å². The monoisotopic (exact) mass is 693 g/mol. The summed E-state index contributed by atoms with van der Waals surface area (Å²) in [6.07, 6.45) is 10.8. The van der Waals surface area contributed by atoms with Gasteiger partial charge in [-0.1, -0.05) is 106 Å². The zero-order valence-electron chi connectivity index (χ0n) is 30.2. The van der Waals surface area contributed by atoms with E-state index in [1.165, 1.54) is 24.5 Å². The third-order valence-corrected chi connectivity index (χ3v) is 9.70. The molecule has 51 heavy (non-hydrogen) atoms. The summed E-state index contributed by atoms with van der Waals surface area (Å²) in [5.74, 6) is 0.551. The topological polar surface area (TPSA) is 121 Å². The van der Waals surface area contributed by atoms with Gasteiger partial charge in [-0.3, -0.25) is 24.0 Å². The number of ketones is 2. The molecule has 0 aliphatic heterocycles. The molecule has 1 fully saturated rings. The Labute approximate surface area is 303 Å². The Morgan fingerprint density at radius 1 is 0.667 bits per heavy atom. The average molecular weight is 694 g/mol. The van der Waals surface area contributed by atoms with Crippen LogP contribution in [0.3, 0.4) is 0 Å². The molecule has 3 aromatic carbocycles. The Bertz CT molecular complexity index is 1560. The second-order valence-electron chi connectivity index (χ2n) is 13.9. The SMILES string of the molecule is CCCCCC(=O)CCCC(=O)CCNC(=O)c1cccc(C(=O)N[C@@H](CCCCCC2CC2c2ccccc2)C(=O)NCc2ccccc2)c1. The number of amides is 3. The fraction of sp³-hybridized carbons (Fsp3) is 0.465. The third-order valence-electron chi connectivity index (χ3n) is 9.70. The van der Waals surface area contributed by atoms with E-state index < -0.39 is 11.9 Å². The Morgan fingerprint density at radius 3 is 2.06 bits per heavy atom. The summed E-state index contributed by atoms with van der Waals surface area (Å²) >= 11 is 0. The van der Waals surface area contributed by atoms with Gasteiger partial charge in [0, 0.05) is 49.9 Å². The van der Waals surface area contributed by atoms with Crippen molar-refractivity contribution in [3.63, 3.8) is 0 Å². The van der Waals surface area contributed by atoms with Crippen LogP contribution in [0.15, 0.2) is 84.9 Å². The number of carbonyl (C=O) groups excluding carboxylic acids is 5. The van der Waals surface area contributed by atoms with Crippen LogP contribution < -0.4 is 16.0 Å². The Kier molecular flexibility index (Phi) is 16.6. The molecular formula is C43H55N3O5. The van der Waals surface area contributed by atoms with Crippen molar-refractivity contribution in [3.05, 3.63) is 107 Å². The lowest BCUT2D eigenvalue weighted by atomic mass is 10.0. The first-order valence-electron chi connectivity index (χ1n) is 18.9. The zero-order valence-corrected chi connectivity index (χ0v) is 30.2. The lowest BCUT2D eigenvalue weighted by Crippen LogP contribution is -2.46. The van der Waals surface area contributed by atoms with Gasteiger partial charge >= 0.3 is 0 Å². The molecule has 272 valence electrons. The van der Waals surface area contributed by atoms with Gasteiger partial charge in [-0.05, 0) is 73.3 Å². The van der Waals surface area contributed by atoms with E-state index in [0.717, 1.165) is 50.0 Å². The van der Waals surface area contributed by atoms with Crippen molar-refractivity contribution >= 4 is 29.3 Å². The Morgan fingerprint density at radius 2 is 1.33 bits per heavy atom. The van der Waals surface area contributed by atoms with Crippen molar-refractivity contribution < 1.29 is 24.0 Å². The summed E-state index contributed by atoms with van der Waals surface area (Å²) in [7, 11) is 0. The van der Waals surface area contributed by atoms with Crippen LogP contribution >= 0.6 is 0 Å². The molecule has 1 aliphatic rings. The molecule has 0 bridgehead atoms. The van der Waals surface area contributed by atoms with Gasteiger partial charge in [-0.15, -0.1) is 0 Å². The maximum Gasteiger partial charge on any atom is 0.251 e. The molecule has 3 N–H and O–H groups in total. The molecule has 0 spiro atoms. The second-order valence-corrected chi connectivity index (χ2v) is 13.9. The smallest absolute Gasteiger partial charge is 0.251 e. The van der Waals surface area contributed by atoms with Gasteiger partial charge < -0.3 is 16.0 Å². The van der Waals surface area contributed by atoms with Gasteiger partial charge in [0.25, 0.3) is 11.8 Å². The number of unbranched alkanes of at least 4 members (excludes halogenated alkanes) is 4. The van der Waals surface area contributed by atoms with Crippen molar-refractivity contribution in [3.8, 4) is 0 Å². The fourth-order valence-corrected chi connectivity index (χ4v) is 6.55. The van der Waals surface area contributed by atoms with Crippen LogP contribution in [0.4, 0.5) is 0 Å². The molecule has 8 nitrogen and oxygen atoms in total. The van der Waals surface area contributed by atoms with Crippen LogP contribution in [0.25, 0.3) is 0 Å². The van der Waals surface area contributed by atoms with E-state index in [1.807, 2.05) is 30.3 Å². The molecule has 1 saturated carbocycles. The lowest BCUT2D eigenvalue weighted by molar-refractivity contribution is -0.123. The van der Waals surface area contributed by atoms with Crippen LogP contribution in [-0.2, 0) is 20.9 Å². The molecule has 0 aromatic heterocycles. The zero-order chi connectivity index (χ0) is 36.3. The summed E-state index contributed by atoms with van der Waals surface area (Å²) in [4.78, 5) is 63.8. The Balaban J connectivity index is 1.23. The summed E-state index contributed by atoms with van der Waals surface area (Å²) in [5, 5.41) is 8.66. The molecule has 1 aliphatic carbocycles. The highest BCUT2D eigenvalue weighted by Gasteiger charge is 2.37. The van der Waals surface area contributed by atoms with Crippen molar-refractivity contribution in [2.45, 2.75) is 115 Å². The second kappa shape index (κ2) is 21.6. The first-order valence-corrected chi connectivity index (χ1v) is 18.9. The highest BCUT2D eigenvalue weighted by atomic mass is 16.2. The number of hydrogen-bond acceptors (Lipinski definition) is 5. The number of carbonyl (C=O) groups is 5. The number of benzene rings is 3. The minimum absolute atomic E-state index is 0.00490. The van der Waals surface area contributed by atoms with E-state index >= 15 is 0 Å². The molecule has 2 unspecified atom stereocenters. The van der Waals surface area contributed by atoms with Gasteiger partial charge in [0.05, 0.1) is 0 Å². The van der Waals surface area contributed by atoms with Gasteiger partial charge in [0.15, 0.2) is 0 Å². The molecule has 0 saturated heterocycles. The largest absolute Gasteiger partial charge is 0.352 e. The lowest BCUT2D eigenvalue weighted by Gasteiger charge is -2.19. The number of nitrogens with one attached hydrogen (secondary N) is 3. The van der Waals surface area contributed by atoms with Crippen molar-refractivity contribution in [2.75, 3.05) is 6.54 Å². The van der Waals surface area contributed by atoms with E-state index in [2.05, 4.69) is 53.2 Å². The van der Waals surface area contributed by atoms with Gasteiger partial charge in [0.1, 0.15) is 17.6 Å². The number of Topliss-reactive ketones (excluding diaryl/α,β-unsaturated/α-hetero) is 2. The standard InChI is InChI=1S/C43H55N3O5/c1-2-3-7-23-37(47)24-15-25-38(48)27-28-44-41(49)35-21-14-22-36(29-35)42(50)46-40(43(51)45-31-32-16-8-4-9-17-32)26-13-6-12-20-34-30-39(34)33-18-10-5-11-19-33/h4-5,8-11,14,16-19,21-22,29,34,39-40H,2-3,6-7,12-13,15,20,23-28,30-31H2,1H3,(H,44,49)(H,45,51)(H,46,50)/t34?,39?,40-/m0/s1. The third kappa shape index (κ3) is 14.3. The minimum Gasteiger partial charge on any atom is -0.352 e. The Hall–Kier alpha value is -4.59. The van der Waals surface area contributed by atoms with Gasteiger partial charge in [0.2, 0.25) is 5.91 Å². The van der Waals surface area contributed by atoms with Gasteiger partial charge in [-0.25, -0.2) is 0 Å². The molecule has 4 rings (SSSR count).